The van der Waals surface area contributed by atoms with Gasteiger partial charge in [-0.25, -0.2) is 4.39 Å². The molecule has 1 aliphatic heterocycles. The molecule has 2 rings (SSSR count). The molecule has 0 radical (unpaired) electrons. The zero-order chi connectivity index (χ0) is 14.0. The normalized spacial score (nSPS) is 25.5. The highest BCUT2D eigenvalue weighted by Gasteiger charge is 2.35. The van der Waals surface area contributed by atoms with Crippen molar-refractivity contribution in [1.29, 1.82) is 0 Å². The van der Waals surface area contributed by atoms with Crippen molar-refractivity contribution in [3.05, 3.63) is 35.6 Å². The summed E-state index contributed by atoms with van der Waals surface area (Å²) in [6.45, 7) is 6.32. The van der Waals surface area contributed by atoms with Crippen molar-refractivity contribution < 1.29 is 9.18 Å². The van der Waals surface area contributed by atoms with Crippen LogP contribution in [0.15, 0.2) is 24.3 Å². The quantitative estimate of drug-likeness (QED) is 0.773. The highest BCUT2D eigenvalue weighted by atomic mass is 19.1. The standard InChI is InChI=1S/C16H22FNO/c1-4-15-10-5-11(2)18(15)12(3)16(19)13-6-8-14(17)9-7-13/h6-9,11-12,15H,4-5,10H2,1-3H3. The lowest BCUT2D eigenvalue weighted by molar-refractivity contribution is 0.0755. The van der Waals surface area contributed by atoms with Crippen molar-refractivity contribution >= 4 is 5.78 Å². The average molecular weight is 263 g/mol. The van der Waals surface area contributed by atoms with Crippen LogP contribution in [0.1, 0.15) is 50.4 Å². The third-order valence-electron chi connectivity index (χ3n) is 4.27. The van der Waals surface area contributed by atoms with Gasteiger partial charge in [0.25, 0.3) is 0 Å². The van der Waals surface area contributed by atoms with Gasteiger partial charge >= 0.3 is 0 Å². The fourth-order valence-corrected chi connectivity index (χ4v) is 3.20. The maximum atomic E-state index is 12.9. The zero-order valence-corrected chi connectivity index (χ0v) is 11.9. The molecule has 0 aliphatic carbocycles. The van der Waals surface area contributed by atoms with Gasteiger partial charge in [-0.3, -0.25) is 9.69 Å². The summed E-state index contributed by atoms with van der Waals surface area (Å²) < 4.78 is 12.9. The van der Waals surface area contributed by atoms with Gasteiger partial charge in [0.15, 0.2) is 5.78 Å². The first-order chi connectivity index (χ1) is 9.04. The van der Waals surface area contributed by atoms with Crippen molar-refractivity contribution in [2.24, 2.45) is 0 Å². The molecule has 104 valence electrons. The Morgan fingerprint density at radius 1 is 1.37 bits per heavy atom. The molecule has 0 aromatic heterocycles. The predicted octanol–water partition coefficient (Wildman–Crippen LogP) is 3.66. The Balaban J connectivity index is 2.16. The molecule has 0 bridgehead atoms. The minimum Gasteiger partial charge on any atom is -0.292 e. The first-order valence-corrected chi connectivity index (χ1v) is 7.11. The van der Waals surface area contributed by atoms with E-state index in [-0.39, 0.29) is 17.6 Å². The minimum atomic E-state index is -0.301. The smallest absolute Gasteiger partial charge is 0.179 e. The maximum Gasteiger partial charge on any atom is 0.179 e. The van der Waals surface area contributed by atoms with Gasteiger partial charge in [-0.05, 0) is 57.4 Å². The van der Waals surface area contributed by atoms with Crippen molar-refractivity contribution in [3.63, 3.8) is 0 Å². The van der Waals surface area contributed by atoms with Gasteiger partial charge < -0.3 is 0 Å². The second-order valence-corrected chi connectivity index (χ2v) is 5.48. The van der Waals surface area contributed by atoms with Gasteiger partial charge in [0, 0.05) is 17.6 Å². The van der Waals surface area contributed by atoms with E-state index in [1.807, 2.05) is 6.92 Å². The van der Waals surface area contributed by atoms with Crippen LogP contribution in [0, 0.1) is 5.82 Å². The molecular weight excluding hydrogens is 241 g/mol. The summed E-state index contributed by atoms with van der Waals surface area (Å²) in [6.07, 6.45) is 3.39. The number of benzene rings is 1. The van der Waals surface area contributed by atoms with Crippen LogP contribution in [0.3, 0.4) is 0 Å². The van der Waals surface area contributed by atoms with E-state index >= 15 is 0 Å². The first kappa shape index (κ1) is 14.2. The summed E-state index contributed by atoms with van der Waals surface area (Å²) in [7, 11) is 0. The molecule has 3 unspecified atom stereocenters. The van der Waals surface area contributed by atoms with Crippen molar-refractivity contribution in [3.8, 4) is 0 Å². The van der Waals surface area contributed by atoms with E-state index in [4.69, 9.17) is 0 Å². The second-order valence-electron chi connectivity index (χ2n) is 5.48. The largest absolute Gasteiger partial charge is 0.292 e. The topological polar surface area (TPSA) is 20.3 Å². The molecule has 1 aliphatic rings. The second kappa shape index (κ2) is 5.83. The van der Waals surface area contributed by atoms with Crippen LogP contribution in [-0.2, 0) is 0 Å². The number of Topliss-reactive ketones (excluding diaryl/α,β-unsaturated/α-hetero) is 1. The van der Waals surface area contributed by atoms with Gasteiger partial charge in [-0.1, -0.05) is 6.92 Å². The van der Waals surface area contributed by atoms with Crippen LogP contribution in [-0.4, -0.2) is 28.8 Å². The summed E-state index contributed by atoms with van der Waals surface area (Å²) in [5.74, 6) is -0.211. The number of hydrogen-bond donors (Lipinski definition) is 0. The third kappa shape index (κ3) is 2.86. The summed E-state index contributed by atoms with van der Waals surface area (Å²) in [4.78, 5) is 14.8. The molecule has 3 atom stereocenters. The molecule has 1 aromatic rings. The van der Waals surface area contributed by atoms with Crippen LogP contribution in [0.25, 0.3) is 0 Å². The molecule has 1 heterocycles. The van der Waals surface area contributed by atoms with Crippen LogP contribution < -0.4 is 0 Å². The van der Waals surface area contributed by atoms with Gasteiger partial charge in [0.1, 0.15) is 5.82 Å². The zero-order valence-electron chi connectivity index (χ0n) is 11.9. The summed E-state index contributed by atoms with van der Waals surface area (Å²) in [5, 5.41) is 0. The maximum absolute atomic E-state index is 12.9. The van der Waals surface area contributed by atoms with Crippen LogP contribution in [0.2, 0.25) is 0 Å². The monoisotopic (exact) mass is 263 g/mol. The number of hydrogen-bond acceptors (Lipinski definition) is 2. The van der Waals surface area contributed by atoms with Crippen LogP contribution >= 0.6 is 0 Å². The molecule has 19 heavy (non-hydrogen) atoms. The molecule has 0 amide bonds. The Hall–Kier alpha value is -1.22. The Morgan fingerprint density at radius 2 is 2.00 bits per heavy atom. The third-order valence-corrected chi connectivity index (χ3v) is 4.27. The van der Waals surface area contributed by atoms with E-state index in [0.29, 0.717) is 17.6 Å². The molecule has 2 nitrogen and oxygen atoms in total. The Morgan fingerprint density at radius 3 is 2.58 bits per heavy atom. The SMILES string of the molecule is CCC1CCC(C)N1C(C)C(=O)c1ccc(F)cc1. The first-order valence-electron chi connectivity index (χ1n) is 7.11. The van der Waals surface area contributed by atoms with Crippen LogP contribution in [0.4, 0.5) is 4.39 Å². The Bertz CT molecular complexity index is 443. The lowest BCUT2D eigenvalue weighted by Gasteiger charge is -2.33. The molecule has 0 spiro atoms. The molecule has 0 saturated carbocycles. The van der Waals surface area contributed by atoms with E-state index in [1.54, 1.807) is 12.1 Å². The van der Waals surface area contributed by atoms with E-state index < -0.39 is 0 Å². The number of nitrogens with zero attached hydrogens (tertiary/aromatic N) is 1. The molecule has 1 aromatic carbocycles. The molecule has 0 N–H and O–H groups in total. The summed E-state index contributed by atoms with van der Waals surface area (Å²) in [5.41, 5.74) is 0.600. The highest BCUT2D eigenvalue weighted by Crippen LogP contribution is 2.29. The van der Waals surface area contributed by atoms with Crippen molar-refractivity contribution in [2.75, 3.05) is 0 Å². The lowest BCUT2D eigenvalue weighted by Crippen LogP contribution is -2.45. The number of ketones is 1. The van der Waals surface area contributed by atoms with E-state index in [0.717, 1.165) is 12.8 Å². The fraction of sp³-hybridized carbons (Fsp3) is 0.562. The van der Waals surface area contributed by atoms with Gasteiger partial charge in [0.05, 0.1) is 6.04 Å². The number of carbonyl (C=O) groups excluding carboxylic acids is 1. The predicted molar refractivity (Wildman–Crippen MR) is 74.8 cm³/mol. The van der Waals surface area contributed by atoms with Gasteiger partial charge in [-0.2, -0.15) is 0 Å². The number of carbonyl (C=O) groups is 1. The highest BCUT2D eigenvalue weighted by molar-refractivity contribution is 5.99. The van der Waals surface area contributed by atoms with Crippen LogP contribution in [0.5, 0.6) is 0 Å². The van der Waals surface area contributed by atoms with Crippen molar-refractivity contribution in [1.82, 2.24) is 4.90 Å². The number of likely N-dealkylation sites (tertiary alicyclic amines) is 1. The summed E-state index contributed by atoms with van der Waals surface area (Å²) >= 11 is 0. The van der Waals surface area contributed by atoms with E-state index in [1.165, 1.54) is 18.6 Å². The number of rotatable bonds is 4. The summed E-state index contributed by atoms with van der Waals surface area (Å²) in [6, 6.07) is 6.67. The van der Waals surface area contributed by atoms with E-state index in [2.05, 4.69) is 18.7 Å². The molecule has 3 heteroatoms. The fourth-order valence-electron chi connectivity index (χ4n) is 3.20. The lowest BCUT2D eigenvalue weighted by atomic mass is 10.0. The molecule has 1 saturated heterocycles. The Kier molecular flexibility index (Phi) is 4.35. The van der Waals surface area contributed by atoms with Crippen molar-refractivity contribution in [2.45, 2.75) is 58.2 Å². The molecule has 1 fully saturated rings. The van der Waals surface area contributed by atoms with Gasteiger partial charge in [0.2, 0.25) is 0 Å². The number of halogens is 1. The van der Waals surface area contributed by atoms with E-state index in [9.17, 15) is 9.18 Å². The van der Waals surface area contributed by atoms with Gasteiger partial charge in [-0.15, -0.1) is 0 Å². The molecular formula is C16H22FNO. The minimum absolute atomic E-state index is 0.0900. The average Bonchev–Trinajstić information content (AvgIpc) is 2.79. The Labute approximate surface area is 114 Å².